The minimum atomic E-state index is -0.255. The summed E-state index contributed by atoms with van der Waals surface area (Å²) >= 11 is 0. The number of carbonyl (C=O) groups is 1. The van der Waals surface area contributed by atoms with E-state index >= 15 is 0 Å². The summed E-state index contributed by atoms with van der Waals surface area (Å²) in [7, 11) is 1.66. The molecule has 5 nitrogen and oxygen atoms in total. The van der Waals surface area contributed by atoms with Crippen LogP contribution in [0.5, 0.6) is 5.75 Å². The smallest absolute Gasteiger partial charge is 0.226 e. The number of β-amino-alcohol motifs (C(OH)–C–C–N with tert-alkyl or cyclic N) is 1. The third kappa shape index (κ3) is 3.90. The lowest BCUT2D eigenvalue weighted by atomic mass is 10.1. The minimum Gasteiger partial charge on any atom is -0.497 e. The molecule has 1 aromatic rings. The van der Waals surface area contributed by atoms with Crippen molar-refractivity contribution < 1.29 is 14.6 Å². The Labute approximate surface area is 144 Å². The number of piperazine rings is 1. The average molecular weight is 332 g/mol. The van der Waals surface area contributed by atoms with Gasteiger partial charge in [0.05, 0.1) is 13.2 Å². The van der Waals surface area contributed by atoms with Gasteiger partial charge in [-0.2, -0.15) is 0 Å². The number of rotatable bonds is 6. The summed E-state index contributed by atoms with van der Waals surface area (Å²) in [4.78, 5) is 16.9. The van der Waals surface area contributed by atoms with Gasteiger partial charge in [-0.05, 0) is 36.5 Å². The van der Waals surface area contributed by atoms with Crippen LogP contribution in [0.25, 0.3) is 0 Å². The molecule has 1 saturated heterocycles. The molecule has 24 heavy (non-hydrogen) atoms. The van der Waals surface area contributed by atoms with Gasteiger partial charge in [0.25, 0.3) is 0 Å². The second-order valence-corrected chi connectivity index (χ2v) is 6.91. The molecule has 2 aliphatic rings. The molecule has 1 amide bonds. The summed E-state index contributed by atoms with van der Waals surface area (Å²) in [6, 6.07) is 8.07. The maximum absolute atomic E-state index is 12.7. The van der Waals surface area contributed by atoms with Crippen LogP contribution in [0.3, 0.4) is 0 Å². The fraction of sp³-hybridized carbons (Fsp3) is 0.632. The van der Waals surface area contributed by atoms with Crippen LogP contribution in [0.1, 0.15) is 31.2 Å². The number of aliphatic hydroxyl groups excluding tert-OH is 1. The number of hydrogen-bond donors (Lipinski definition) is 1. The first kappa shape index (κ1) is 17.2. The lowest BCUT2D eigenvalue weighted by Gasteiger charge is -2.35. The zero-order chi connectivity index (χ0) is 17.1. The molecule has 1 aliphatic heterocycles. The molecule has 1 saturated carbocycles. The Morgan fingerprint density at radius 3 is 2.50 bits per heavy atom. The Bertz CT molecular complexity index is 552. The van der Waals surface area contributed by atoms with Crippen LogP contribution in [0.2, 0.25) is 0 Å². The number of benzene rings is 1. The predicted octanol–water partition coefficient (Wildman–Crippen LogP) is 1.71. The number of amides is 1. The largest absolute Gasteiger partial charge is 0.497 e. The molecule has 132 valence electrons. The highest BCUT2D eigenvalue weighted by Gasteiger charge is 2.46. The van der Waals surface area contributed by atoms with Crippen LogP contribution in [-0.2, 0) is 4.79 Å². The SMILES string of the molecule is CCC(O)CN1CCN(C(=O)C2CC2c2ccc(OC)cc2)CC1. The Kier molecular flexibility index (Phi) is 5.41. The zero-order valence-electron chi connectivity index (χ0n) is 14.6. The number of hydrogen-bond acceptors (Lipinski definition) is 4. The Hall–Kier alpha value is -1.59. The van der Waals surface area contributed by atoms with Gasteiger partial charge in [-0.15, -0.1) is 0 Å². The molecule has 3 atom stereocenters. The molecule has 5 heteroatoms. The van der Waals surface area contributed by atoms with E-state index in [-0.39, 0.29) is 12.0 Å². The summed E-state index contributed by atoms with van der Waals surface area (Å²) in [6.07, 6.45) is 1.49. The molecule has 0 bridgehead atoms. The summed E-state index contributed by atoms with van der Waals surface area (Å²) in [5.41, 5.74) is 1.24. The van der Waals surface area contributed by atoms with Crippen molar-refractivity contribution in [3.05, 3.63) is 29.8 Å². The molecule has 1 aliphatic carbocycles. The quantitative estimate of drug-likeness (QED) is 0.862. The van der Waals surface area contributed by atoms with Crippen LogP contribution in [0.15, 0.2) is 24.3 Å². The second-order valence-electron chi connectivity index (χ2n) is 6.91. The molecule has 3 rings (SSSR count). The fourth-order valence-electron chi connectivity index (χ4n) is 3.50. The molecular formula is C19H28N2O3. The van der Waals surface area contributed by atoms with E-state index in [2.05, 4.69) is 17.0 Å². The van der Waals surface area contributed by atoms with Gasteiger partial charge < -0.3 is 14.7 Å². The molecule has 1 aromatic carbocycles. The number of methoxy groups -OCH3 is 1. The zero-order valence-corrected chi connectivity index (χ0v) is 14.6. The van der Waals surface area contributed by atoms with E-state index in [1.54, 1.807) is 7.11 Å². The molecule has 1 N–H and O–H groups in total. The maximum atomic E-state index is 12.7. The first-order chi connectivity index (χ1) is 11.6. The van der Waals surface area contributed by atoms with E-state index in [9.17, 15) is 9.90 Å². The number of carbonyl (C=O) groups excluding carboxylic acids is 1. The van der Waals surface area contributed by atoms with E-state index < -0.39 is 0 Å². The molecule has 2 fully saturated rings. The van der Waals surface area contributed by atoms with Crippen molar-refractivity contribution in [3.63, 3.8) is 0 Å². The van der Waals surface area contributed by atoms with Crippen molar-refractivity contribution in [3.8, 4) is 5.75 Å². The normalized spacial score (nSPS) is 25.4. The van der Waals surface area contributed by atoms with Crippen molar-refractivity contribution in [1.29, 1.82) is 0 Å². The molecule has 0 spiro atoms. The molecule has 1 heterocycles. The van der Waals surface area contributed by atoms with Crippen molar-refractivity contribution in [2.24, 2.45) is 5.92 Å². The van der Waals surface area contributed by atoms with Crippen molar-refractivity contribution in [2.45, 2.75) is 31.8 Å². The van der Waals surface area contributed by atoms with Crippen molar-refractivity contribution >= 4 is 5.91 Å². The third-order valence-electron chi connectivity index (χ3n) is 5.28. The summed E-state index contributed by atoms with van der Waals surface area (Å²) in [6.45, 7) is 6.00. The highest BCUT2D eigenvalue weighted by molar-refractivity contribution is 5.83. The Morgan fingerprint density at radius 1 is 1.25 bits per heavy atom. The number of aliphatic hydroxyl groups is 1. The molecular weight excluding hydrogens is 304 g/mol. The van der Waals surface area contributed by atoms with Gasteiger partial charge in [0.15, 0.2) is 0 Å². The number of nitrogens with zero attached hydrogens (tertiary/aromatic N) is 2. The number of ether oxygens (including phenoxy) is 1. The minimum absolute atomic E-state index is 0.145. The van der Waals surface area contributed by atoms with Gasteiger partial charge in [-0.3, -0.25) is 9.69 Å². The Morgan fingerprint density at radius 2 is 1.92 bits per heavy atom. The fourth-order valence-corrected chi connectivity index (χ4v) is 3.50. The van der Waals surface area contributed by atoms with Gasteiger partial charge in [0, 0.05) is 38.6 Å². The van der Waals surface area contributed by atoms with Gasteiger partial charge in [0.2, 0.25) is 5.91 Å². The van der Waals surface area contributed by atoms with Gasteiger partial charge in [0.1, 0.15) is 5.75 Å². The van der Waals surface area contributed by atoms with E-state index in [0.717, 1.165) is 51.3 Å². The van der Waals surface area contributed by atoms with E-state index in [0.29, 0.717) is 11.8 Å². The highest BCUT2D eigenvalue weighted by Crippen LogP contribution is 2.48. The monoisotopic (exact) mass is 332 g/mol. The average Bonchev–Trinajstić information content (AvgIpc) is 3.42. The van der Waals surface area contributed by atoms with Crippen LogP contribution < -0.4 is 4.74 Å². The van der Waals surface area contributed by atoms with Crippen LogP contribution in [0, 0.1) is 5.92 Å². The van der Waals surface area contributed by atoms with Crippen molar-refractivity contribution in [1.82, 2.24) is 9.80 Å². The summed E-state index contributed by atoms with van der Waals surface area (Å²) in [5, 5.41) is 9.75. The van der Waals surface area contributed by atoms with Gasteiger partial charge in [-0.25, -0.2) is 0 Å². The summed E-state index contributed by atoms with van der Waals surface area (Å²) in [5.74, 6) is 1.66. The van der Waals surface area contributed by atoms with Crippen LogP contribution in [0.4, 0.5) is 0 Å². The standard InChI is InChI=1S/C19H28N2O3/c1-3-15(22)13-20-8-10-21(11-9-20)19(23)18-12-17(18)14-4-6-16(24-2)7-5-14/h4-7,15,17-18,22H,3,8-13H2,1-2H3. The Balaban J connectivity index is 1.48. The van der Waals surface area contributed by atoms with Gasteiger partial charge in [-0.1, -0.05) is 19.1 Å². The van der Waals surface area contributed by atoms with E-state index in [4.69, 9.17) is 4.74 Å². The predicted molar refractivity (Wildman–Crippen MR) is 93.2 cm³/mol. The second kappa shape index (κ2) is 7.53. The first-order valence-electron chi connectivity index (χ1n) is 8.95. The topological polar surface area (TPSA) is 53.0 Å². The molecule has 0 aromatic heterocycles. The van der Waals surface area contributed by atoms with E-state index in [1.165, 1.54) is 5.56 Å². The van der Waals surface area contributed by atoms with Crippen molar-refractivity contribution in [2.75, 3.05) is 39.8 Å². The lowest BCUT2D eigenvalue weighted by Crippen LogP contribution is -2.50. The van der Waals surface area contributed by atoms with E-state index in [1.807, 2.05) is 24.0 Å². The van der Waals surface area contributed by atoms with Crippen LogP contribution >= 0.6 is 0 Å². The molecule has 3 unspecified atom stereocenters. The van der Waals surface area contributed by atoms with Crippen LogP contribution in [-0.4, -0.2) is 66.8 Å². The maximum Gasteiger partial charge on any atom is 0.226 e. The summed E-state index contributed by atoms with van der Waals surface area (Å²) < 4.78 is 5.19. The third-order valence-corrected chi connectivity index (χ3v) is 5.28. The first-order valence-corrected chi connectivity index (χ1v) is 8.95. The lowest BCUT2D eigenvalue weighted by molar-refractivity contribution is -0.134. The highest BCUT2D eigenvalue weighted by atomic mass is 16.5. The van der Waals surface area contributed by atoms with Gasteiger partial charge >= 0.3 is 0 Å². The molecule has 0 radical (unpaired) electrons.